The zero-order valence-corrected chi connectivity index (χ0v) is 26.7. The van der Waals surface area contributed by atoms with Crippen LogP contribution in [0.2, 0.25) is 0 Å². The van der Waals surface area contributed by atoms with Crippen molar-refractivity contribution < 1.29 is 39.9 Å². The maximum absolute atomic E-state index is 13.7. The zero-order chi connectivity index (χ0) is 32.3. The lowest BCUT2D eigenvalue weighted by molar-refractivity contribution is -0.181. The number of fused-ring (bicyclic) bond motifs is 5. The van der Waals surface area contributed by atoms with E-state index in [1.165, 1.54) is 6.08 Å². The molecule has 8 heteroatoms. The van der Waals surface area contributed by atoms with Crippen LogP contribution in [0.4, 0.5) is 0 Å². The van der Waals surface area contributed by atoms with Crippen LogP contribution in [0, 0.1) is 28.6 Å². The molecular weight excluding hydrogens is 560 g/mol. The van der Waals surface area contributed by atoms with Crippen LogP contribution in [0.25, 0.3) is 6.08 Å². The van der Waals surface area contributed by atoms with Crippen molar-refractivity contribution in [3.63, 3.8) is 0 Å². The van der Waals surface area contributed by atoms with Crippen molar-refractivity contribution in [1.29, 1.82) is 0 Å². The molecule has 0 heterocycles. The summed E-state index contributed by atoms with van der Waals surface area (Å²) in [6.07, 6.45) is 4.82. The average Bonchev–Trinajstić information content (AvgIpc) is 3.24. The van der Waals surface area contributed by atoms with Crippen molar-refractivity contribution in [2.75, 3.05) is 0 Å². The Bertz CT molecular complexity index is 1310. The Morgan fingerprint density at radius 2 is 1.77 bits per heavy atom. The Balaban J connectivity index is 1.38. The Kier molecular flexibility index (Phi) is 8.60. The minimum absolute atomic E-state index is 0.135. The third kappa shape index (κ3) is 5.62. The normalized spacial score (nSPS) is 39.1. The number of esters is 1. The smallest absolute Gasteiger partial charge is 0.331 e. The van der Waals surface area contributed by atoms with Crippen molar-refractivity contribution in [1.82, 2.24) is 0 Å². The molecule has 8 nitrogen and oxygen atoms in total. The number of allylic oxidation sites excluding steroid dienone is 1. The van der Waals surface area contributed by atoms with E-state index < -0.39 is 63.8 Å². The minimum Gasteiger partial charge on any atom is -0.456 e. The summed E-state index contributed by atoms with van der Waals surface area (Å²) in [5.41, 5.74) is -3.75. The number of ketones is 1. The molecule has 0 spiro atoms. The fourth-order valence-electron chi connectivity index (χ4n) is 9.34. The SMILES string of the molecule is CC(C)(O)CCC(O)[C@](C)(O)[C@H]1CC[C@@]2(O)C3=CC(=O)C4CC(O)C(OC(=O)/C=C/c5ccccc5)C[C@]4(C)[C@H]3CC[C@]12C. The van der Waals surface area contributed by atoms with E-state index in [-0.39, 0.29) is 24.5 Å². The summed E-state index contributed by atoms with van der Waals surface area (Å²) in [6, 6.07) is 9.38. The number of ether oxygens (including phenoxy) is 1. The molecule has 44 heavy (non-hydrogen) atoms. The second kappa shape index (κ2) is 11.5. The first kappa shape index (κ1) is 33.0. The largest absolute Gasteiger partial charge is 0.456 e. The van der Waals surface area contributed by atoms with Gasteiger partial charge in [-0.1, -0.05) is 44.2 Å². The van der Waals surface area contributed by atoms with E-state index in [0.717, 1.165) is 5.56 Å². The summed E-state index contributed by atoms with van der Waals surface area (Å²) in [5, 5.41) is 56.5. The molecule has 4 aliphatic carbocycles. The number of aliphatic hydroxyl groups excluding tert-OH is 2. The van der Waals surface area contributed by atoms with Crippen molar-refractivity contribution in [2.24, 2.45) is 28.6 Å². The Labute approximate surface area is 260 Å². The Hall–Kier alpha value is -2.36. The Morgan fingerprint density at radius 3 is 2.43 bits per heavy atom. The molecular formula is C36H50O8. The predicted octanol–water partition coefficient (Wildman–Crippen LogP) is 4.12. The summed E-state index contributed by atoms with van der Waals surface area (Å²) < 4.78 is 5.77. The number of hydrogen-bond donors (Lipinski definition) is 5. The van der Waals surface area contributed by atoms with E-state index in [0.29, 0.717) is 44.1 Å². The van der Waals surface area contributed by atoms with Crippen molar-refractivity contribution in [2.45, 2.75) is 121 Å². The van der Waals surface area contributed by atoms with Crippen LogP contribution in [-0.2, 0) is 14.3 Å². The molecule has 0 radical (unpaired) electrons. The van der Waals surface area contributed by atoms with Gasteiger partial charge in [-0.05, 0) is 113 Å². The third-order valence-electron chi connectivity index (χ3n) is 12.0. The number of benzene rings is 1. The summed E-state index contributed by atoms with van der Waals surface area (Å²) in [7, 11) is 0. The standard InChI is InChI=1S/C36H50O8/c1-32(2,41)16-15-30(39)35(5,42)29-14-18-36(43)24-19-26(37)25-20-27(38)28(21-33(25,3)23(24)13-17-34(29,36)4)44-31(40)12-11-22-9-7-6-8-10-22/h6-12,19,23,25,27-30,38-39,41-43H,13-18,20-21H2,1-5H3/b12-11+/t23-,25?,27?,28?,29-,30?,33+,34+,35+,36+/m0/s1. The monoisotopic (exact) mass is 610 g/mol. The molecule has 10 atom stereocenters. The first-order chi connectivity index (χ1) is 20.4. The van der Waals surface area contributed by atoms with E-state index in [9.17, 15) is 35.1 Å². The summed E-state index contributed by atoms with van der Waals surface area (Å²) >= 11 is 0. The second-order valence-corrected chi connectivity index (χ2v) is 15.3. The van der Waals surface area contributed by atoms with Crippen LogP contribution in [-0.4, -0.2) is 72.4 Å². The van der Waals surface area contributed by atoms with Gasteiger partial charge in [0, 0.05) is 17.4 Å². The van der Waals surface area contributed by atoms with Gasteiger partial charge in [0.05, 0.1) is 29.0 Å². The minimum atomic E-state index is -1.51. The average molecular weight is 611 g/mol. The molecule has 5 rings (SSSR count). The van der Waals surface area contributed by atoms with Crippen LogP contribution < -0.4 is 0 Å². The van der Waals surface area contributed by atoms with Crippen molar-refractivity contribution >= 4 is 17.8 Å². The van der Waals surface area contributed by atoms with Gasteiger partial charge >= 0.3 is 5.97 Å². The van der Waals surface area contributed by atoms with Gasteiger partial charge in [-0.15, -0.1) is 0 Å². The van der Waals surface area contributed by atoms with Gasteiger partial charge in [0.25, 0.3) is 0 Å². The van der Waals surface area contributed by atoms with E-state index in [1.54, 1.807) is 32.9 Å². The number of rotatable bonds is 8. The van der Waals surface area contributed by atoms with E-state index in [2.05, 4.69) is 0 Å². The molecule has 0 saturated heterocycles. The summed E-state index contributed by atoms with van der Waals surface area (Å²) in [5.74, 6) is -1.75. The van der Waals surface area contributed by atoms with E-state index in [1.807, 2.05) is 44.2 Å². The first-order valence-corrected chi connectivity index (χ1v) is 16.2. The lowest BCUT2D eigenvalue weighted by Gasteiger charge is -2.60. The topological polar surface area (TPSA) is 145 Å². The highest BCUT2D eigenvalue weighted by molar-refractivity contribution is 5.95. The molecule has 242 valence electrons. The van der Waals surface area contributed by atoms with Gasteiger partial charge in [-0.3, -0.25) is 4.79 Å². The lowest BCUT2D eigenvalue weighted by atomic mass is 9.45. The van der Waals surface area contributed by atoms with Crippen LogP contribution in [0.5, 0.6) is 0 Å². The fraction of sp³-hybridized carbons (Fsp3) is 0.667. The number of carbonyl (C=O) groups is 2. The molecule has 3 fully saturated rings. The van der Waals surface area contributed by atoms with Gasteiger partial charge in [0.15, 0.2) is 5.78 Å². The summed E-state index contributed by atoms with van der Waals surface area (Å²) in [4.78, 5) is 26.5. The molecule has 5 N–H and O–H groups in total. The second-order valence-electron chi connectivity index (χ2n) is 15.3. The van der Waals surface area contributed by atoms with Crippen LogP contribution in [0.15, 0.2) is 48.1 Å². The predicted molar refractivity (Wildman–Crippen MR) is 166 cm³/mol. The van der Waals surface area contributed by atoms with Crippen LogP contribution in [0.3, 0.4) is 0 Å². The highest BCUT2D eigenvalue weighted by Gasteiger charge is 2.69. The molecule has 1 aromatic rings. The number of aliphatic hydroxyl groups is 5. The molecule has 0 bridgehead atoms. The maximum atomic E-state index is 13.7. The quantitative estimate of drug-likeness (QED) is 0.218. The van der Waals surface area contributed by atoms with Crippen LogP contribution in [0.1, 0.15) is 91.5 Å². The van der Waals surface area contributed by atoms with Gasteiger partial charge in [-0.2, -0.15) is 0 Å². The molecule has 0 amide bonds. The molecule has 1 aromatic carbocycles. The van der Waals surface area contributed by atoms with Gasteiger partial charge < -0.3 is 30.3 Å². The molecule has 0 aliphatic heterocycles. The molecule has 0 aromatic heterocycles. The zero-order valence-electron chi connectivity index (χ0n) is 26.7. The first-order valence-electron chi connectivity index (χ1n) is 16.2. The number of carbonyl (C=O) groups excluding carboxylic acids is 2. The number of hydrogen-bond acceptors (Lipinski definition) is 8. The van der Waals surface area contributed by atoms with Crippen LogP contribution >= 0.6 is 0 Å². The van der Waals surface area contributed by atoms with Gasteiger partial charge in [0.2, 0.25) is 0 Å². The van der Waals surface area contributed by atoms with E-state index in [4.69, 9.17) is 4.74 Å². The third-order valence-corrected chi connectivity index (χ3v) is 12.0. The summed E-state index contributed by atoms with van der Waals surface area (Å²) in [6.45, 7) is 8.95. The Morgan fingerprint density at radius 1 is 1.09 bits per heavy atom. The molecule has 4 unspecified atom stereocenters. The van der Waals surface area contributed by atoms with E-state index >= 15 is 0 Å². The van der Waals surface area contributed by atoms with Gasteiger partial charge in [-0.25, -0.2) is 4.79 Å². The van der Waals surface area contributed by atoms with Crippen molar-refractivity contribution in [3.8, 4) is 0 Å². The lowest BCUT2D eigenvalue weighted by Crippen LogP contribution is -2.63. The maximum Gasteiger partial charge on any atom is 0.331 e. The molecule has 3 saturated carbocycles. The molecule has 4 aliphatic rings. The van der Waals surface area contributed by atoms with Crippen molar-refractivity contribution in [3.05, 3.63) is 53.6 Å². The highest BCUT2D eigenvalue weighted by atomic mass is 16.6. The highest BCUT2D eigenvalue weighted by Crippen LogP contribution is 2.68. The fourth-order valence-corrected chi connectivity index (χ4v) is 9.34. The van der Waals surface area contributed by atoms with Gasteiger partial charge in [0.1, 0.15) is 6.10 Å².